The molecule has 4 rings (SSSR count). The van der Waals surface area contributed by atoms with Crippen LogP contribution in [0.4, 0.5) is 0 Å². The second-order valence-corrected chi connectivity index (χ2v) is 10.9. The van der Waals surface area contributed by atoms with E-state index in [-0.39, 0.29) is 18.0 Å². The molecule has 0 aromatic carbocycles. The number of hydrogen-bond acceptors (Lipinski definition) is 3. The zero-order valence-corrected chi connectivity index (χ0v) is 16.6. The summed E-state index contributed by atoms with van der Waals surface area (Å²) >= 11 is 0. The highest BCUT2D eigenvalue weighted by molar-refractivity contribution is 5.66. The number of fused-ring (bicyclic) bond motifs is 3. The van der Waals surface area contributed by atoms with Gasteiger partial charge < -0.3 is 9.84 Å². The number of hydrogen-bond donors (Lipinski definition) is 1. The van der Waals surface area contributed by atoms with Crippen molar-refractivity contribution in [1.82, 2.24) is 0 Å². The van der Waals surface area contributed by atoms with Crippen LogP contribution in [0.3, 0.4) is 0 Å². The molecule has 1 N–H and O–H groups in total. The van der Waals surface area contributed by atoms with E-state index in [1.54, 1.807) is 0 Å². The van der Waals surface area contributed by atoms with Crippen LogP contribution in [-0.4, -0.2) is 23.3 Å². The lowest BCUT2D eigenvalue weighted by Gasteiger charge is -2.64. The predicted octanol–water partition coefficient (Wildman–Crippen LogP) is 4.71. The highest BCUT2D eigenvalue weighted by Crippen LogP contribution is 2.72. The van der Waals surface area contributed by atoms with Crippen molar-refractivity contribution >= 4 is 5.97 Å². The monoisotopic (exact) mass is 348 g/mol. The Morgan fingerprint density at radius 3 is 2.56 bits per heavy atom. The third kappa shape index (κ3) is 2.51. The van der Waals surface area contributed by atoms with Crippen molar-refractivity contribution in [3.63, 3.8) is 0 Å². The van der Waals surface area contributed by atoms with Gasteiger partial charge in [-0.2, -0.15) is 0 Å². The summed E-state index contributed by atoms with van der Waals surface area (Å²) in [6.45, 7) is 9.21. The molecule has 0 aromatic rings. The lowest BCUT2D eigenvalue weighted by atomic mass is 9.41. The molecular formula is C22H36O3. The maximum atomic E-state index is 11.3. The molecule has 6 atom stereocenters. The van der Waals surface area contributed by atoms with E-state index in [1.807, 2.05) is 0 Å². The zero-order chi connectivity index (χ0) is 18.1. The lowest BCUT2D eigenvalue weighted by Crippen LogP contribution is -2.55. The molecule has 2 bridgehead atoms. The van der Waals surface area contributed by atoms with Gasteiger partial charge in [0.2, 0.25) is 0 Å². The summed E-state index contributed by atoms with van der Waals surface area (Å²) < 4.78 is 5.29. The summed E-state index contributed by atoms with van der Waals surface area (Å²) in [5.74, 6) is 1.61. The molecule has 0 aromatic heterocycles. The van der Waals surface area contributed by atoms with Crippen molar-refractivity contribution in [3.05, 3.63) is 0 Å². The lowest BCUT2D eigenvalue weighted by molar-refractivity contribution is -0.153. The Balaban J connectivity index is 1.63. The first-order valence-electron chi connectivity index (χ1n) is 10.5. The molecule has 25 heavy (non-hydrogen) atoms. The van der Waals surface area contributed by atoms with E-state index in [0.29, 0.717) is 16.7 Å². The van der Waals surface area contributed by atoms with Crippen LogP contribution >= 0.6 is 0 Å². The summed E-state index contributed by atoms with van der Waals surface area (Å²) in [5, 5.41) is 11.3. The number of rotatable bonds is 2. The molecule has 3 nitrogen and oxygen atoms in total. The van der Waals surface area contributed by atoms with Crippen molar-refractivity contribution in [1.29, 1.82) is 0 Å². The van der Waals surface area contributed by atoms with Gasteiger partial charge in [-0.25, -0.2) is 0 Å². The molecule has 0 amide bonds. The van der Waals surface area contributed by atoms with E-state index in [4.69, 9.17) is 4.74 Å². The van der Waals surface area contributed by atoms with E-state index < -0.39 is 5.60 Å². The van der Waals surface area contributed by atoms with E-state index in [0.717, 1.165) is 31.1 Å². The third-order valence-electron chi connectivity index (χ3n) is 9.14. The Hall–Kier alpha value is -0.570. The van der Waals surface area contributed by atoms with Gasteiger partial charge >= 0.3 is 5.97 Å². The van der Waals surface area contributed by atoms with Crippen LogP contribution in [0, 0.1) is 34.0 Å². The fraction of sp³-hybridized carbons (Fsp3) is 0.955. The molecule has 3 heteroatoms. The molecule has 142 valence electrons. The summed E-state index contributed by atoms with van der Waals surface area (Å²) in [7, 11) is 0. The molecule has 4 aliphatic carbocycles. The fourth-order valence-corrected chi connectivity index (χ4v) is 8.34. The van der Waals surface area contributed by atoms with E-state index in [2.05, 4.69) is 20.8 Å². The van der Waals surface area contributed by atoms with Crippen LogP contribution in [0.2, 0.25) is 0 Å². The van der Waals surface area contributed by atoms with Crippen LogP contribution in [0.5, 0.6) is 0 Å². The van der Waals surface area contributed by atoms with Crippen molar-refractivity contribution in [2.24, 2.45) is 34.0 Å². The number of carbonyl (C=O) groups excluding carboxylic acids is 1. The minimum atomic E-state index is -0.784. The molecular weight excluding hydrogens is 312 g/mol. The summed E-state index contributed by atoms with van der Waals surface area (Å²) in [5.41, 5.74) is 0.389. The van der Waals surface area contributed by atoms with E-state index >= 15 is 0 Å². The average Bonchev–Trinajstić information content (AvgIpc) is 2.71. The first-order valence-corrected chi connectivity index (χ1v) is 10.5. The first kappa shape index (κ1) is 17.8. The van der Waals surface area contributed by atoms with Crippen molar-refractivity contribution in [2.45, 2.75) is 91.1 Å². The quantitative estimate of drug-likeness (QED) is 0.735. The maximum absolute atomic E-state index is 11.3. The SMILES string of the molecule is CC(=O)OC[C@@]1(O)C[C@@]23CC[C@@H]4C(C)(C)CCC[C@@]4(C)[C@@H]2CC[C@H]1C3. The van der Waals surface area contributed by atoms with Crippen LogP contribution in [0.15, 0.2) is 0 Å². The molecule has 4 aliphatic rings. The van der Waals surface area contributed by atoms with Crippen molar-refractivity contribution in [3.8, 4) is 0 Å². The van der Waals surface area contributed by atoms with Gasteiger partial charge in [0.25, 0.3) is 0 Å². The Morgan fingerprint density at radius 2 is 1.84 bits per heavy atom. The molecule has 0 saturated heterocycles. The van der Waals surface area contributed by atoms with Crippen LogP contribution in [-0.2, 0) is 9.53 Å². The fourth-order valence-electron chi connectivity index (χ4n) is 8.34. The largest absolute Gasteiger partial charge is 0.463 e. The van der Waals surface area contributed by atoms with Gasteiger partial charge in [-0.05, 0) is 85.4 Å². The minimum Gasteiger partial charge on any atom is -0.463 e. The standard InChI is InChI=1S/C22H36O3/c1-15(23)25-14-22(24)13-21-11-8-17-19(2,3)9-5-10-20(17,4)18(21)7-6-16(22)12-21/h16-18,24H,5-14H2,1-4H3/t16-,17+,18-,20+,21-,22-/m0/s1. The topological polar surface area (TPSA) is 46.5 Å². The van der Waals surface area contributed by atoms with Gasteiger partial charge in [0.1, 0.15) is 12.2 Å². The Bertz CT molecular complexity index is 570. The first-order chi connectivity index (χ1) is 11.6. The van der Waals surface area contributed by atoms with E-state index in [9.17, 15) is 9.90 Å². The van der Waals surface area contributed by atoms with Crippen molar-refractivity contribution < 1.29 is 14.6 Å². The average molecular weight is 349 g/mol. The number of ether oxygens (including phenoxy) is 1. The minimum absolute atomic E-state index is 0.201. The summed E-state index contributed by atoms with van der Waals surface area (Å²) in [6, 6.07) is 0. The third-order valence-corrected chi connectivity index (χ3v) is 9.14. The molecule has 1 spiro atoms. The maximum Gasteiger partial charge on any atom is 0.302 e. The van der Waals surface area contributed by atoms with Crippen LogP contribution in [0.25, 0.3) is 0 Å². The van der Waals surface area contributed by atoms with Gasteiger partial charge in [-0.1, -0.05) is 27.2 Å². The highest BCUT2D eigenvalue weighted by Gasteiger charge is 2.67. The van der Waals surface area contributed by atoms with Gasteiger partial charge in [-0.15, -0.1) is 0 Å². The van der Waals surface area contributed by atoms with Crippen LogP contribution < -0.4 is 0 Å². The number of carbonyl (C=O) groups is 1. The molecule has 0 unspecified atom stereocenters. The Morgan fingerprint density at radius 1 is 1.08 bits per heavy atom. The predicted molar refractivity (Wildman–Crippen MR) is 97.9 cm³/mol. The van der Waals surface area contributed by atoms with Crippen LogP contribution in [0.1, 0.15) is 85.5 Å². The number of esters is 1. The Kier molecular flexibility index (Phi) is 3.90. The zero-order valence-electron chi connectivity index (χ0n) is 16.6. The van der Waals surface area contributed by atoms with Gasteiger partial charge in [0, 0.05) is 6.92 Å². The normalized spacial score (nSPS) is 50.7. The molecule has 0 aliphatic heterocycles. The summed E-state index contributed by atoms with van der Waals surface area (Å²) in [6.07, 6.45) is 11.0. The second-order valence-electron chi connectivity index (χ2n) is 10.9. The Labute approximate surface area is 152 Å². The summed E-state index contributed by atoms with van der Waals surface area (Å²) in [4.78, 5) is 11.3. The molecule has 0 radical (unpaired) electrons. The molecule has 4 fully saturated rings. The highest BCUT2D eigenvalue weighted by atomic mass is 16.5. The molecule has 4 saturated carbocycles. The van der Waals surface area contributed by atoms with E-state index in [1.165, 1.54) is 45.4 Å². The number of aliphatic hydroxyl groups is 1. The van der Waals surface area contributed by atoms with Gasteiger partial charge in [0.05, 0.1) is 0 Å². The van der Waals surface area contributed by atoms with Gasteiger partial charge in [0.15, 0.2) is 0 Å². The van der Waals surface area contributed by atoms with Gasteiger partial charge in [-0.3, -0.25) is 4.79 Å². The second kappa shape index (κ2) is 5.47. The smallest absolute Gasteiger partial charge is 0.302 e. The molecule has 0 heterocycles. The van der Waals surface area contributed by atoms with Crippen molar-refractivity contribution in [2.75, 3.05) is 6.61 Å².